The van der Waals surface area contributed by atoms with Crippen molar-refractivity contribution in [3.05, 3.63) is 100 Å². The van der Waals surface area contributed by atoms with Gasteiger partial charge in [0.2, 0.25) is 11.8 Å². The molecule has 3 heterocycles. The van der Waals surface area contributed by atoms with Gasteiger partial charge in [0.05, 0.1) is 29.8 Å². The standard InChI is InChI=1S/C26H18BrN3O3/c27-17-10-12-18(13-11-17)29-25(32)20-21(26(29)33)23(24(31)15-6-2-1-3-7-15)30-22(20)19-9-5-4-8-16(19)14-28-30/h1-14,20-23H/t20-,21+,22+,23-/m0/s1. The van der Waals surface area contributed by atoms with Crippen LogP contribution in [0.15, 0.2) is 88.4 Å². The van der Waals surface area contributed by atoms with Gasteiger partial charge in [-0.15, -0.1) is 0 Å². The molecule has 2 fully saturated rings. The van der Waals surface area contributed by atoms with E-state index in [1.807, 2.05) is 30.3 Å². The van der Waals surface area contributed by atoms with E-state index in [4.69, 9.17) is 0 Å². The number of hydrogen-bond donors (Lipinski definition) is 0. The van der Waals surface area contributed by atoms with Gasteiger partial charge in [0.15, 0.2) is 5.78 Å². The third kappa shape index (κ3) is 2.92. The number of amides is 2. The van der Waals surface area contributed by atoms with Gasteiger partial charge in [0.25, 0.3) is 0 Å². The van der Waals surface area contributed by atoms with Gasteiger partial charge in [0, 0.05) is 10.0 Å². The maximum atomic E-state index is 13.8. The summed E-state index contributed by atoms with van der Waals surface area (Å²) in [6, 6.07) is 22.3. The van der Waals surface area contributed by atoms with Crippen LogP contribution in [0, 0.1) is 11.8 Å². The van der Waals surface area contributed by atoms with Crippen molar-refractivity contribution in [2.45, 2.75) is 12.1 Å². The van der Waals surface area contributed by atoms with Gasteiger partial charge in [-0.2, -0.15) is 5.10 Å². The van der Waals surface area contributed by atoms with Crippen molar-refractivity contribution in [3.8, 4) is 0 Å². The first kappa shape index (κ1) is 20.1. The maximum Gasteiger partial charge on any atom is 0.240 e. The van der Waals surface area contributed by atoms with Gasteiger partial charge >= 0.3 is 0 Å². The van der Waals surface area contributed by atoms with E-state index in [-0.39, 0.29) is 17.6 Å². The summed E-state index contributed by atoms with van der Waals surface area (Å²) >= 11 is 3.40. The van der Waals surface area contributed by atoms with E-state index >= 15 is 0 Å². The number of carbonyl (C=O) groups is 3. The van der Waals surface area contributed by atoms with E-state index < -0.39 is 23.9 Å². The number of Topliss-reactive ketones (excluding diaryl/α,β-unsaturated/α-hetero) is 1. The molecule has 2 saturated heterocycles. The van der Waals surface area contributed by atoms with Crippen LogP contribution in [0.3, 0.4) is 0 Å². The molecule has 0 aromatic heterocycles. The van der Waals surface area contributed by atoms with Gasteiger partial charge < -0.3 is 0 Å². The normalized spacial score (nSPS) is 25.1. The monoisotopic (exact) mass is 499 g/mol. The second-order valence-electron chi connectivity index (χ2n) is 8.41. The maximum absolute atomic E-state index is 13.8. The van der Waals surface area contributed by atoms with Crippen LogP contribution in [0.4, 0.5) is 5.69 Å². The highest BCUT2D eigenvalue weighted by atomic mass is 79.9. The number of anilines is 1. The van der Waals surface area contributed by atoms with Crippen molar-refractivity contribution in [2.75, 3.05) is 4.90 Å². The molecule has 0 saturated carbocycles. The second kappa shape index (κ2) is 7.49. The number of hydrazone groups is 1. The zero-order valence-electron chi connectivity index (χ0n) is 17.3. The number of benzene rings is 3. The van der Waals surface area contributed by atoms with Gasteiger partial charge in [-0.05, 0) is 35.4 Å². The van der Waals surface area contributed by atoms with E-state index in [1.54, 1.807) is 59.8 Å². The highest BCUT2D eigenvalue weighted by molar-refractivity contribution is 9.10. The minimum absolute atomic E-state index is 0.205. The first-order valence-electron chi connectivity index (χ1n) is 10.7. The molecular formula is C26H18BrN3O3. The van der Waals surface area contributed by atoms with Crippen LogP contribution >= 0.6 is 15.9 Å². The van der Waals surface area contributed by atoms with Crippen molar-refractivity contribution in [2.24, 2.45) is 16.9 Å². The fourth-order valence-electron chi connectivity index (χ4n) is 5.29. The molecule has 3 aliphatic rings. The molecule has 3 aromatic carbocycles. The molecule has 0 N–H and O–H groups in total. The Balaban J connectivity index is 1.50. The smallest absolute Gasteiger partial charge is 0.240 e. The lowest BCUT2D eigenvalue weighted by atomic mass is 9.83. The highest BCUT2D eigenvalue weighted by Gasteiger charge is 2.65. The summed E-state index contributed by atoms with van der Waals surface area (Å²) in [6.45, 7) is 0. The average Bonchev–Trinajstić information content (AvgIpc) is 3.32. The molecule has 33 heavy (non-hydrogen) atoms. The Morgan fingerprint density at radius 3 is 2.24 bits per heavy atom. The number of nitrogens with zero attached hydrogens (tertiary/aromatic N) is 3. The van der Waals surface area contributed by atoms with E-state index in [9.17, 15) is 14.4 Å². The third-order valence-corrected chi connectivity index (χ3v) is 7.23. The van der Waals surface area contributed by atoms with Gasteiger partial charge in [-0.3, -0.25) is 19.4 Å². The van der Waals surface area contributed by atoms with E-state index in [1.165, 1.54) is 4.90 Å². The predicted octanol–water partition coefficient (Wildman–Crippen LogP) is 4.21. The first-order chi connectivity index (χ1) is 16.1. The van der Waals surface area contributed by atoms with Crippen molar-refractivity contribution in [1.29, 1.82) is 0 Å². The largest absolute Gasteiger partial charge is 0.292 e. The average molecular weight is 500 g/mol. The summed E-state index contributed by atoms with van der Waals surface area (Å²) in [5.74, 6) is -2.37. The number of ketones is 1. The second-order valence-corrected chi connectivity index (χ2v) is 9.33. The van der Waals surface area contributed by atoms with E-state index in [0.717, 1.165) is 15.6 Å². The molecule has 162 valence electrons. The van der Waals surface area contributed by atoms with Crippen molar-refractivity contribution in [3.63, 3.8) is 0 Å². The zero-order chi connectivity index (χ0) is 22.7. The Morgan fingerprint density at radius 2 is 1.48 bits per heavy atom. The minimum Gasteiger partial charge on any atom is -0.292 e. The third-order valence-electron chi connectivity index (χ3n) is 6.70. The molecule has 4 atom stereocenters. The molecule has 0 aliphatic carbocycles. The quantitative estimate of drug-likeness (QED) is 0.399. The van der Waals surface area contributed by atoms with Crippen molar-refractivity contribution < 1.29 is 14.4 Å². The summed E-state index contributed by atoms with van der Waals surface area (Å²) in [6.07, 6.45) is 1.71. The SMILES string of the molecule is O=C(c1ccccc1)[C@@H]1[C@@H]2C(=O)N(c3ccc(Br)cc3)C(=O)[C@@H]2[C@H]2c3ccccc3C=NN12. The number of halogens is 1. The topological polar surface area (TPSA) is 70.0 Å². The first-order valence-corrected chi connectivity index (χ1v) is 11.5. The van der Waals surface area contributed by atoms with Crippen LogP contribution in [-0.4, -0.2) is 34.9 Å². The summed E-state index contributed by atoms with van der Waals surface area (Å²) in [5.41, 5.74) is 2.81. The predicted molar refractivity (Wildman–Crippen MR) is 127 cm³/mol. The molecule has 0 unspecified atom stereocenters. The molecule has 0 spiro atoms. The molecule has 7 heteroatoms. The zero-order valence-corrected chi connectivity index (χ0v) is 18.9. The van der Waals surface area contributed by atoms with Gasteiger partial charge in [-0.25, -0.2) is 4.90 Å². The Kier molecular flexibility index (Phi) is 4.55. The van der Waals surface area contributed by atoms with E-state index in [0.29, 0.717) is 11.3 Å². The highest BCUT2D eigenvalue weighted by Crippen LogP contribution is 2.53. The molecule has 2 amide bonds. The molecule has 6 rings (SSSR count). The van der Waals surface area contributed by atoms with Crippen LogP contribution in [0.1, 0.15) is 27.5 Å². The number of rotatable bonds is 3. The number of imide groups is 1. The van der Waals surface area contributed by atoms with Crippen molar-refractivity contribution >= 4 is 45.4 Å². The van der Waals surface area contributed by atoms with Crippen LogP contribution in [-0.2, 0) is 9.59 Å². The number of hydrogen-bond acceptors (Lipinski definition) is 5. The fraction of sp³-hybridized carbons (Fsp3) is 0.154. The fourth-order valence-corrected chi connectivity index (χ4v) is 5.55. The van der Waals surface area contributed by atoms with Gasteiger partial charge in [0.1, 0.15) is 6.04 Å². The molecule has 6 nitrogen and oxygen atoms in total. The lowest BCUT2D eigenvalue weighted by Gasteiger charge is -2.33. The lowest BCUT2D eigenvalue weighted by Crippen LogP contribution is -2.44. The molecule has 3 aliphatic heterocycles. The lowest BCUT2D eigenvalue weighted by molar-refractivity contribution is -0.124. The van der Waals surface area contributed by atoms with Crippen LogP contribution in [0.5, 0.6) is 0 Å². The van der Waals surface area contributed by atoms with E-state index in [2.05, 4.69) is 21.0 Å². The molecule has 0 bridgehead atoms. The number of carbonyl (C=O) groups excluding carboxylic acids is 3. The Morgan fingerprint density at radius 1 is 0.818 bits per heavy atom. The van der Waals surface area contributed by atoms with Crippen LogP contribution in [0.25, 0.3) is 0 Å². The van der Waals surface area contributed by atoms with Crippen LogP contribution in [0.2, 0.25) is 0 Å². The molecular weight excluding hydrogens is 482 g/mol. The van der Waals surface area contributed by atoms with Crippen molar-refractivity contribution in [1.82, 2.24) is 5.01 Å². The Bertz CT molecular complexity index is 1320. The number of fused-ring (bicyclic) bond motifs is 5. The van der Waals surface area contributed by atoms with Gasteiger partial charge in [-0.1, -0.05) is 70.5 Å². The summed E-state index contributed by atoms with van der Waals surface area (Å²) in [5, 5.41) is 6.26. The summed E-state index contributed by atoms with van der Waals surface area (Å²) < 4.78 is 0.851. The Hall–Kier alpha value is -3.58. The van der Waals surface area contributed by atoms with Crippen LogP contribution < -0.4 is 4.90 Å². The summed E-state index contributed by atoms with van der Waals surface area (Å²) in [4.78, 5) is 42.4. The molecule has 0 radical (unpaired) electrons. The Labute approximate surface area is 198 Å². The molecule has 3 aromatic rings. The summed E-state index contributed by atoms with van der Waals surface area (Å²) in [7, 11) is 0. The minimum atomic E-state index is -0.857.